The lowest BCUT2D eigenvalue weighted by Gasteiger charge is -2.38. The molecule has 0 amide bonds. The molecule has 1 heterocycles. The zero-order chi connectivity index (χ0) is 10.2. The monoisotopic (exact) mass is 212 g/mol. The minimum atomic E-state index is -0.186. The smallest absolute Gasteiger partial charge is 0.123 e. The van der Waals surface area contributed by atoms with E-state index in [9.17, 15) is 4.39 Å². The second-order valence-electron chi connectivity index (χ2n) is 3.67. The van der Waals surface area contributed by atoms with Gasteiger partial charge in [0.15, 0.2) is 0 Å². The highest BCUT2D eigenvalue weighted by Crippen LogP contribution is 2.51. The highest BCUT2D eigenvalue weighted by Gasteiger charge is 2.37. The molecule has 1 aliphatic rings. The molecule has 0 radical (unpaired) electrons. The highest BCUT2D eigenvalue weighted by molar-refractivity contribution is 8.01. The van der Waals surface area contributed by atoms with Crippen molar-refractivity contribution in [3.63, 3.8) is 0 Å². The van der Waals surface area contributed by atoms with E-state index in [1.54, 1.807) is 19.2 Å². The third-order valence-electron chi connectivity index (χ3n) is 2.73. The number of hydrogen-bond acceptors (Lipinski definition) is 2. The summed E-state index contributed by atoms with van der Waals surface area (Å²) in [7, 11) is 1.63. The van der Waals surface area contributed by atoms with Gasteiger partial charge >= 0.3 is 0 Å². The van der Waals surface area contributed by atoms with Crippen molar-refractivity contribution >= 4 is 11.8 Å². The van der Waals surface area contributed by atoms with Gasteiger partial charge < -0.3 is 4.74 Å². The van der Waals surface area contributed by atoms with Gasteiger partial charge in [-0.15, -0.1) is 0 Å². The van der Waals surface area contributed by atoms with Gasteiger partial charge in [-0.2, -0.15) is 11.8 Å². The molecule has 1 aromatic carbocycles. The molecule has 0 saturated carbocycles. The quantitative estimate of drug-likeness (QED) is 0.744. The lowest BCUT2D eigenvalue weighted by molar-refractivity contribution is 0.400. The molecule has 76 valence electrons. The van der Waals surface area contributed by atoms with Crippen LogP contribution in [0.3, 0.4) is 0 Å². The van der Waals surface area contributed by atoms with Crippen LogP contribution in [-0.2, 0) is 4.75 Å². The first-order valence-corrected chi connectivity index (χ1v) is 5.62. The van der Waals surface area contributed by atoms with Crippen molar-refractivity contribution in [1.82, 2.24) is 0 Å². The fraction of sp³-hybridized carbons (Fsp3) is 0.455. The molecule has 14 heavy (non-hydrogen) atoms. The second kappa shape index (κ2) is 3.46. The number of hydrogen-bond donors (Lipinski definition) is 0. The van der Waals surface area contributed by atoms with Gasteiger partial charge in [-0.3, -0.25) is 0 Å². The first kappa shape index (κ1) is 9.84. The van der Waals surface area contributed by atoms with Crippen molar-refractivity contribution in [2.45, 2.75) is 18.1 Å². The zero-order valence-electron chi connectivity index (χ0n) is 8.34. The van der Waals surface area contributed by atoms with Crippen LogP contribution < -0.4 is 4.74 Å². The molecule has 0 spiro atoms. The maximum absolute atomic E-state index is 13.1. The van der Waals surface area contributed by atoms with Gasteiger partial charge in [0, 0.05) is 10.3 Å². The standard InChI is InChI=1S/C11H13FOS/c1-11(5-6-14-11)9-7-8(12)3-4-10(9)13-2/h3-4,7H,5-6H2,1-2H3. The van der Waals surface area contributed by atoms with E-state index in [-0.39, 0.29) is 10.6 Å². The summed E-state index contributed by atoms with van der Waals surface area (Å²) in [4.78, 5) is 0. The van der Waals surface area contributed by atoms with Crippen molar-refractivity contribution in [2.75, 3.05) is 12.9 Å². The molecule has 3 heteroatoms. The third-order valence-corrected chi connectivity index (χ3v) is 4.20. The minimum absolute atomic E-state index is 0.0491. The van der Waals surface area contributed by atoms with Gasteiger partial charge in [0.25, 0.3) is 0 Å². The van der Waals surface area contributed by atoms with Crippen LogP contribution in [0.4, 0.5) is 4.39 Å². The van der Waals surface area contributed by atoms with Gasteiger partial charge in [0.05, 0.1) is 7.11 Å². The average molecular weight is 212 g/mol. The molecule has 1 saturated heterocycles. The summed E-state index contributed by atoms with van der Waals surface area (Å²) >= 11 is 1.85. The Morgan fingerprint density at radius 3 is 2.71 bits per heavy atom. The normalized spacial score (nSPS) is 25.6. The van der Waals surface area contributed by atoms with Gasteiger partial charge in [0.1, 0.15) is 11.6 Å². The van der Waals surface area contributed by atoms with Crippen molar-refractivity contribution in [1.29, 1.82) is 0 Å². The number of methoxy groups -OCH3 is 1. The van der Waals surface area contributed by atoms with Crippen molar-refractivity contribution in [2.24, 2.45) is 0 Å². The fourth-order valence-corrected chi connectivity index (χ4v) is 2.85. The van der Waals surface area contributed by atoms with E-state index in [0.29, 0.717) is 0 Å². The molecule has 1 aliphatic heterocycles. The molecule has 1 aromatic rings. The lowest BCUT2D eigenvalue weighted by Crippen LogP contribution is -2.28. The lowest BCUT2D eigenvalue weighted by atomic mass is 9.95. The van der Waals surface area contributed by atoms with Crippen molar-refractivity contribution < 1.29 is 9.13 Å². The van der Waals surface area contributed by atoms with Crippen LogP contribution >= 0.6 is 11.8 Å². The molecular weight excluding hydrogens is 199 g/mol. The van der Waals surface area contributed by atoms with E-state index >= 15 is 0 Å². The Bertz CT molecular complexity index is 347. The number of rotatable bonds is 2. The summed E-state index contributed by atoms with van der Waals surface area (Å²) in [5.41, 5.74) is 0.983. The average Bonchev–Trinajstić information content (AvgIpc) is 2.14. The summed E-state index contributed by atoms with van der Waals surface area (Å²) < 4.78 is 18.4. The van der Waals surface area contributed by atoms with E-state index < -0.39 is 0 Å². The SMILES string of the molecule is COc1ccc(F)cc1C1(C)CCS1. The summed E-state index contributed by atoms with van der Waals surface area (Å²) in [5, 5.41) is 0. The Balaban J connectivity index is 2.43. The predicted molar refractivity (Wildman–Crippen MR) is 57.4 cm³/mol. The molecule has 0 aliphatic carbocycles. The van der Waals surface area contributed by atoms with E-state index in [2.05, 4.69) is 6.92 Å². The second-order valence-corrected chi connectivity index (χ2v) is 5.27. The summed E-state index contributed by atoms with van der Waals surface area (Å²) in [6.45, 7) is 2.14. The van der Waals surface area contributed by atoms with E-state index in [0.717, 1.165) is 23.5 Å². The van der Waals surface area contributed by atoms with Crippen molar-refractivity contribution in [3.8, 4) is 5.75 Å². The van der Waals surface area contributed by atoms with Crippen LogP contribution in [0.15, 0.2) is 18.2 Å². The van der Waals surface area contributed by atoms with Gasteiger partial charge in [-0.25, -0.2) is 4.39 Å². The number of benzene rings is 1. The first-order chi connectivity index (χ1) is 6.65. The first-order valence-electron chi connectivity index (χ1n) is 4.64. The molecule has 1 atom stereocenters. The largest absolute Gasteiger partial charge is 0.496 e. The van der Waals surface area contributed by atoms with Crippen LogP contribution in [0.5, 0.6) is 5.75 Å². The van der Waals surface area contributed by atoms with Gasteiger partial charge in [-0.1, -0.05) is 0 Å². The molecule has 1 unspecified atom stereocenters. The maximum atomic E-state index is 13.1. The van der Waals surface area contributed by atoms with Gasteiger partial charge in [-0.05, 0) is 37.3 Å². The number of thioether (sulfide) groups is 1. The Hall–Kier alpha value is -0.700. The molecule has 1 nitrogen and oxygen atoms in total. The predicted octanol–water partition coefficient (Wildman–Crippen LogP) is 3.19. The number of ether oxygens (including phenoxy) is 1. The van der Waals surface area contributed by atoms with E-state index in [1.807, 2.05) is 11.8 Å². The van der Waals surface area contributed by atoms with Crippen LogP contribution in [0.25, 0.3) is 0 Å². The Labute approximate surface area is 87.7 Å². The third kappa shape index (κ3) is 1.50. The molecule has 0 bridgehead atoms. The van der Waals surface area contributed by atoms with Crippen LogP contribution in [-0.4, -0.2) is 12.9 Å². The summed E-state index contributed by atoms with van der Waals surface area (Å²) in [5.74, 6) is 1.76. The van der Waals surface area contributed by atoms with Crippen LogP contribution in [0.2, 0.25) is 0 Å². The summed E-state index contributed by atoms with van der Waals surface area (Å²) in [6.07, 6.45) is 1.09. The topological polar surface area (TPSA) is 9.23 Å². The molecule has 0 N–H and O–H groups in total. The molecule has 0 aromatic heterocycles. The Morgan fingerprint density at radius 2 is 2.21 bits per heavy atom. The van der Waals surface area contributed by atoms with E-state index in [1.165, 1.54) is 6.07 Å². The van der Waals surface area contributed by atoms with Crippen LogP contribution in [0, 0.1) is 5.82 Å². The van der Waals surface area contributed by atoms with E-state index in [4.69, 9.17) is 4.74 Å². The fourth-order valence-electron chi connectivity index (χ4n) is 1.71. The minimum Gasteiger partial charge on any atom is -0.496 e. The highest BCUT2D eigenvalue weighted by atomic mass is 32.2. The van der Waals surface area contributed by atoms with Crippen molar-refractivity contribution in [3.05, 3.63) is 29.6 Å². The maximum Gasteiger partial charge on any atom is 0.123 e. The zero-order valence-corrected chi connectivity index (χ0v) is 9.16. The summed E-state index contributed by atoms with van der Waals surface area (Å²) in [6, 6.07) is 4.73. The molecule has 1 fully saturated rings. The Morgan fingerprint density at radius 1 is 1.50 bits per heavy atom. The number of halogens is 1. The molecular formula is C11H13FOS. The Kier molecular flexibility index (Phi) is 2.43. The molecule has 2 rings (SSSR count). The van der Waals surface area contributed by atoms with Gasteiger partial charge in [0.2, 0.25) is 0 Å². The van der Waals surface area contributed by atoms with Crippen LogP contribution in [0.1, 0.15) is 18.9 Å².